The van der Waals surface area contributed by atoms with E-state index < -0.39 is 0 Å². The van der Waals surface area contributed by atoms with Crippen LogP contribution in [-0.2, 0) is 6.54 Å². The fourth-order valence-electron chi connectivity index (χ4n) is 2.35. The molecule has 2 heterocycles. The van der Waals surface area contributed by atoms with Crippen molar-refractivity contribution in [3.8, 4) is 0 Å². The summed E-state index contributed by atoms with van der Waals surface area (Å²) in [5.41, 5.74) is 1.08. The molecular weight excluding hydrogens is 234 g/mol. The Hall–Kier alpha value is -0.720. The number of nitrogens with one attached hydrogen (secondary N) is 1. The van der Waals surface area contributed by atoms with Crippen molar-refractivity contribution in [1.29, 1.82) is 0 Å². The van der Waals surface area contributed by atoms with Crippen LogP contribution in [0.25, 0.3) is 0 Å². The largest absolute Gasteiger partial charge is 0.377 e. The van der Waals surface area contributed by atoms with Gasteiger partial charge in [-0.1, -0.05) is 4.49 Å². The molecule has 0 bridgehead atoms. The third kappa shape index (κ3) is 3.14. The standard InChI is InChI=1S/C11H21N5S/c1-9-7-15(3)5-4-6-16(9)8-10-11(12-2)17-14-13-10/h9,12H,4-8H2,1-3H3. The predicted molar refractivity (Wildman–Crippen MR) is 71.4 cm³/mol. The molecule has 5 nitrogen and oxygen atoms in total. The summed E-state index contributed by atoms with van der Waals surface area (Å²) in [4.78, 5) is 4.91. The number of hydrogen-bond acceptors (Lipinski definition) is 6. The van der Waals surface area contributed by atoms with Crippen LogP contribution in [0.2, 0.25) is 0 Å². The zero-order valence-corrected chi connectivity index (χ0v) is 11.6. The Morgan fingerprint density at radius 3 is 3.06 bits per heavy atom. The third-order valence-corrected chi connectivity index (χ3v) is 4.11. The second-order valence-electron chi connectivity index (χ2n) is 4.73. The molecule has 1 aromatic rings. The summed E-state index contributed by atoms with van der Waals surface area (Å²) < 4.78 is 4.01. The normalized spacial score (nSPS) is 23.6. The minimum atomic E-state index is 0.578. The SMILES string of the molecule is CNc1snnc1CN1CCCN(C)CC1C. The Morgan fingerprint density at radius 1 is 1.47 bits per heavy atom. The number of rotatable bonds is 3. The quantitative estimate of drug-likeness (QED) is 0.876. The molecule has 0 spiro atoms. The van der Waals surface area contributed by atoms with Gasteiger partial charge in [0.2, 0.25) is 0 Å². The zero-order valence-electron chi connectivity index (χ0n) is 10.8. The molecule has 17 heavy (non-hydrogen) atoms. The van der Waals surface area contributed by atoms with Gasteiger partial charge in [0, 0.05) is 44.3 Å². The highest BCUT2D eigenvalue weighted by Gasteiger charge is 2.21. The molecule has 0 saturated carbocycles. The number of likely N-dealkylation sites (N-methyl/N-ethyl adjacent to an activating group) is 1. The second kappa shape index (κ2) is 5.75. The first-order chi connectivity index (χ1) is 8.20. The van der Waals surface area contributed by atoms with E-state index in [9.17, 15) is 0 Å². The summed E-state index contributed by atoms with van der Waals surface area (Å²) in [6, 6.07) is 0.578. The lowest BCUT2D eigenvalue weighted by Crippen LogP contribution is -2.37. The van der Waals surface area contributed by atoms with Crippen molar-refractivity contribution in [3.05, 3.63) is 5.69 Å². The van der Waals surface area contributed by atoms with Crippen molar-refractivity contribution in [1.82, 2.24) is 19.4 Å². The maximum Gasteiger partial charge on any atom is 0.134 e. The van der Waals surface area contributed by atoms with Gasteiger partial charge in [0.15, 0.2) is 0 Å². The van der Waals surface area contributed by atoms with Crippen LogP contribution in [0.3, 0.4) is 0 Å². The van der Waals surface area contributed by atoms with Crippen molar-refractivity contribution in [3.63, 3.8) is 0 Å². The van der Waals surface area contributed by atoms with E-state index in [1.165, 1.54) is 24.5 Å². The Morgan fingerprint density at radius 2 is 2.29 bits per heavy atom. The van der Waals surface area contributed by atoms with Gasteiger partial charge in [-0.3, -0.25) is 4.90 Å². The molecule has 1 atom stereocenters. The first-order valence-electron chi connectivity index (χ1n) is 6.12. The number of aromatic nitrogens is 2. The molecule has 6 heteroatoms. The van der Waals surface area contributed by atoms with E-state index in [0.29, 0.717) is 6.04 Å². The van der Waals surface area contributed by atoms with E-state index in [2.05, 4.69) is 38.7 Å². The van der Waals surface area contributed by atoms with Gasteiger partial charge >= 0.3 is 0 Å². The Balaban J connectivity index is 2.02. The maximum atomic E-state index is 4.22. The van der Waals surface area contributed by atoms with Gasteiger partial charge in [-0.05, 0) is 26.9 Å². The van der Waals surface area contributed by atoms with Gasteiger partial charge in [-0.2, -0.15) is 0 Å². The highest BCUT2D eigenvalue weighted by Crippen LogP contribution is 2.20. The predicted octanol–water partition coefficient (Wildman–Crippen LogP) is 1.11. The van der Waals surface area contributed by atoms with Crippen LogP contribution >= 0.6 is 11.5 Å². The summed E-state index contributed by atoms with van der Waals surface area (Å²) in [7, 11) is 4.13. The van der Waals surface area contributed by atoms with E-state index in [4.69, 9.17) is 0 Å². The molecular formula is C11H21N5S. The van der Waals surface area contributed by atoms with Crippen LogP contribution in [-0.4, -0.2) is 59.2 Å². The van der Waals surface area contributed by atoms with Crippen LogP contribution < -0.4 is 5.32 Å². The van der Waals surface area contributed by atoms with E-state index in [1.807, 2.05) is 7.05 Å². The van der Waals surface area contributed by atoms with Gasteiger partial charge in [-0.15, -0.1) is 5.10 Å². The molecule has 1 N–H and O–H groups in total. The number of anilines is 1. The van der Waals surface area contributed by atoms with Crippen LogP contribution in [0.1, 0.15) is 19.0 Å². The molecule has 0 aromatic carbocycles. The highest BCUT2D eigenvalue weighted by atomic mass is 32.1. The summed E-state index contributed by atoms with van der Waals surface area (Å²) in [6.45, 7) is 6.66. The van der Waals surface area contributed by atoms with Gasteiger partial charge in [0.05, 0.1) is 0 Å². The summed E-state index contributed by atoms with van der Waals surface area (Å²) in [5, 5.41) is 8.47. The molecule has 0 aliphatic carbocycles. The van der Waals surface area contributed by atoms with E-state index >= 15 is 0 Å². The second-order valence-corrected chi connectivity index (χ2v) is 5.49. The smallest absolute Gasteiger partial charge is 0.134 e. The van der Waals surface area contributed by atoms with Crippen LogP contribution in [0.4, 0.5) is 5.00 Å². The van der Waals surface area contributed by atoms with Crippen molar-refractivity contribution in [2.75, 3.05) is 39.0 Å². The lowest BCUT2D eigenvalue weighted by atomic mass is 10.2. The van der Waals surface area contributed by atoms with Gasteiger partial charge < -0.3 is 10.2 Å². The topological polar surface area (TPSA) is 44.3 Å². The lowest BCUT2D eigenvalue weighted by Gasteiger charge is -2.27. The van der Waals surface area contributed by atoms with E-state index in [0.717, 1.165) is 30.3 Å². The molecule has 1 aromatic heterocycles. The van der Waals surface area contributed by atoms with Crippen molar-refractivity contribution < 1.29 is 0 Å². The highest BCUT2D eigenvalue weighted by molar-refractivity contribution is 7.10. The Bertz CT molecular complexity index is 353. The fraction of sp³-hybridized carbons (Fsp3) is 0.818. The molecule has 1 aliphatic heterocycles. The number of nitrogens with zero attached hydrogens (tertiary/aromatic N) is 4. The van der Waals surface area contributed by atoms with E-state index in [1.54, 1.807) is 0 Å². The molecule has 96 valence electrons. The molecule has 1 unspecified atom stereocenters. The molecule has 0 amide bonds. The third-order valence-electron chi connectivity index (χ3n) is 3.32. The van der Waals surface area contributed by atoms with Crippen molar-refractivity contribution >= 4 is 16.5 Å². The average molecular weight is 255 g/mol. The molecule has 0 radical (unpaired) electrons. The molecule has 1 aliphatic rings. The fourth-order valence-corrected chi connectivity index (χ4v) is 2.87. The minimum absolute atomic E-state index is 0.578. The Labute approximate surface area is 107 Å². The first kappa shape index (κ1) is 12.7. The summed E-state index contributed by atoms with van der Waals surface area (Å²) in [5.74, 6) is 0. The van der Waals surface area contributed by atoms with Crippen molar-refractivity contribution in [2.45, 2.75) is 25.9 Å². The van der Waals surface area contributed by atoms with Gasteiger partial charge in [0.1, 0.15) is 10.7 Å². The van der Waals surface area contributed by atoms with Crippen LogP contribution in [0.15, 0.2) is 0 Å². The number of hydrogen-bond donors (Lipinski definition) is 1. The average Bonchev–Trinajstić information content (AvgIpc) is 2.68. The maximum absolute atomic E-state index is 4.22. The van der Waals surface area contributed by atoms with Crippen LogP contribution in [0.5, 0.6) is 0 Å². The van der Waals surface area contributed by atoms with Crippen LogP contribution in [0, 0.1) is 0 Å². The van der Waals surface area contributed by atoms with Gasteiger partial charge in [0.25, 0.3) is 0 Å². The molecule has 1 fully saturated rings. The molecule has 1 saturated heterocycles. The van der Waals surface area contributed by atoms with E-state index in [-0.39, 0.29) is 0 Å². The van der Waals surface area contributed by atoms with Crippen molar-refractivity contribution in [2.24, 2.45) is 0 Å². The Kier molecular flexibility index (Phi) is 4.31. The summed E-state index contributed by atoms with van der Waals surface area (Å²) >= 11 is 1.44. The lowest BCUT2D eigenvalue weighted by molar-refractivity contribution is 0.193. The van der Waals surface area contributed by atoms with Gasteiger partial charge in [-0.25, -0.2) is 0 Å². The zero-order chi connectivity index (χ0) is 12.3. The first-order valence-corrected chi connectivity index (χ1v) is 6.89. The summed E-state index contributed by atoms with van der Waals surface area (Å²) in [6.07, 6.45) is 1.23. The minimum Gasteiger partial charge on any atom is -0.377 e. The molecule has 2 rings (SSSR count). The monoisotopic (exact) mass is 255 g/mol.